The molecule has 27 heavy (non-hydrogen) atoms. The van der Waals surface area contributed by atoms with Crippen LogP contribution in [0.2, 0.25) is 0 Å². The van der Waals surface area contributed by atoms with E-state index in [0.717, 1.165) is 52.7 Å². The number of benzene rings is 2. The van der Waals surface area contributed by atoms with E-state index in [1.54, 1.807) is 0 Å². The molecule has 0 bridgehead atoms. The highest BCUT2D eigenvalue weighted by Crippen LogP contribution is 2.20. The fourth-order valence-electron chi connectivity index (χ4n) is 3.19. The Bertz CT molecular complexity index is 795. The lowest BCUT2D eigenvalue weighted by Gasteiger charge is -2.30. The molecule has 0 aliphatic carbocycles. The summed E-state index contributed by atoms with van der Waals surface area (Å²) in [5, 5.41) is 4.28. The molecule has 1 N–H and O–H groups in total. The van der Waals surface area contributed by atoms with Crippen molar-refractivity contribution in [2.45, 2.75) is 26.3 Å². The van der Waals surface area contributed by atoms with Crippen LogP contribution in [0.4, 0.5) is 0 Å². The number of carbonyl (C=O) groups excluding carboxylic acids is 1. The summed E-state index contributed by atoms with van der Waals surface area (Å²) in [6.45, 7) is 4.71. The summed E-state index contributed by atoms with van der Waals surface area (Å²) in [6, 6.07) is 16.3. The number of carbonyl (C=O) groups is 1. The van der Waals surface area contributed by atoms with Gasteiger partial charge in [-0.25, -0.2) is 5.43 Å². The highest BCUT2D eigenvalue weighted by molar-refractivity contribution is 9.10. The van der Waals surface area contributed by atoms with Crippen molar-refractivity contribution in [1.82, 2.24) is 10.3 Å². The van der Waals surface area contributed by atoms with Gasteiger partial charge < -0.3 is 0 Å². The van der Waals surface area contributed by atoms with Crippen LogP contribution >= 0.6 is 31.9 Å². The number of halogens is 2. The van der Waals surface area contributed by atoms with Crippen molar-refractivity contribution < 1.29 is 4.79 Å². The smallest absolute Gasteiger partial charge is 0.243 e. The Labute approximate surface area is 177 Å². The van der Waals surface area contributed by atoms with Crippen LogP contribution in [-0.2, 0) is 11.3 Å². The van der Waals surface area contributed by atoms with Crippen LogP contribution in [0.1, 0.15) is 30.9 Å². The molecule has 0 radical (unpaired) electrons. The molecule has 142 valence electrons. The second-order valence-corrected chi connectivity index (χ2v) is 8.69. The molecule has 1 heterocycles. The molecule has 1 fully saturated rings. The van der Waals surface area contributed by atoms with Gasteiger partial charge in [0.1, 0.15) is 0 Å². The maximum Gasteiger partial charge on any atom is 0.243 e. The highest BCUT2D eigenvalue weighted by atomic mass is 79.9. The van der Waals surface area contributed by atoms with Crippen LogP contribution in [0.25, 0.3) is 0 Å². The van der Waals surface area contributed by atoms with Crippen molar-refractivity contribution >= 4 is 43.5 Å². The average Bonchev–Trinajstić information content (AvgIpc) is 2.69. The predicted molar refractivity (Wildman–Crippen MR) is 117 cm³/mol. The first kappa shape index (κ1) is 20.2. The summed E-state index contributed by atoms with van der Waals surface area (Å²) in [4.78, 5) is 14.8. The second-order valence-electron chi connectivity index (χ2n) is 6.86. The van der Waals surface area contributed by atoms with E-state index in [1.165, 1.54) is 5.56 Å². The number of piperidine rings is 1. The number of likely N-dealkylation sites (tertiary alicyclic amines) is 1. The van der Waals surface area contributed by atoms with Gasteiger partial charge in [0.15, 0.2) is 0 Å². The third-order valence-electron chi connectivity index (χ3n) is 4.87. The number of nitrogens with zero attached hydrogens (tertiary/aromatic N) is 2. The Hall–Kier alpha value is -1.50. The molecule has 2 aromatic carbocycles. The van der Waals surface area contributed by atoms with E-state index in [-0.39, 0.29) is 11.8 Å². The van der Waals surface area contributed by atoms with Gasteiger partial charge >= 0.3 is 0 Å². The third-order valence-corrected chi connectivity index (χ3v) is 5.93. The van der Waals surface area contributed by atoms with E-state index in [2.05, 4.69) is 71.6 Å². The van der Waals surface area contributed by atoms with Gasteiger partial charge in [0.05, 0.1) is 5.71 Å². The van der Waals surface area contributed by atoms with Gasteiger partial charge in [-0.15, -0.1) is 0 Å². The molecule has 4 nitrogen and oxygen atoms in total. The fourth-order valence-corrected chi connectivity index (χ4v) is 3.72. The molecule has 0 saturated carbocycles. The van der Waals surface area contributed by atoms with Gasteiger partial charge in [-0.2, -0.15) is 5.10 Å². The van der Waals surface area contributed by atoms with Gasteiger partial charge in [-0.05, 0) is 68.2 Å². The summed E-state index contributed by atoms with van der Waals surface area (Å²) in [6.07, 6.45) is 1.74. The Morgan fingerprint density at radius 3 is 2.19 bits per heavy atom. The van der Waals surface area contributed by atoms with Crippen molar-refractivity contribution in [3.05, 3.63) is 68.6 Å². The SMILES string of the molecule is CC(=NNC(=O)C1CCN(Cc2ccc(Br)cc2)CC1)c1ccc(Br)cc1. The molecule has 1 aliphatic rings. The number of rotatable bonds is 5. The Kier molecular flexibility index (Phi) is 7.21. The number of amides is 1. The number of hydrogen-bond donors (Lipinski definition) is 1. The van der Waals surface area contributed by atoms with E-state index in [1.807, 2.05) is 31.2 Å². The molecule has 1 aliphatic heterocycles. The van der Waals surface area contributed by atoms with E-state index < -0.39 is 0 Å². The summed E-state index contributed by atoms with van der Waals surface area (Å²) in [7, 11) is 0. The molecule has 2 aromatic rings. The minimum Gasteiger partial charge on any atom is -0.299 e. The number of nitrogens with one attached hydrogen (secondary N) is 1. The molecular formula is C21H23Br2N3O. The standard InChI is InChI=1S/C21H23Br2N3O/c1-15(17-4-8-20(23)9-5-17)24-25-21(27)18-10-12-26(13-11-18)14-16-2-6-19(22)7-3-16/h2-9,18H,10-14H2,1H3,(H,25,27). The fraction of sp³-hybridized carbons (Fsp3) is 0.333. The van der Waals surface area contributed by atoms with Crippen LogP contribution < -0.4 is 5.43 Å². The molecule has 0 atom stereocenters. The maximum absolute atomic E-state index is 12.4. The van der Waals surface area contributed by atoms with Crippen molar-refractivity contribution in [1.29, 1.82) is 0 Å². The first-order chi connectivity index (χ1) is 13.0. The Balaban J connectivity index is 1.47. The van der Waals surface area contributed by atoms with Gasteiger partial charge in [0.25, 0.3) is 0 Å². The zero-order valence-electron chi connectivity index (χ0n) is 15.3. The van der Waals surface area contributed by atoms with Crippen LogP contribution in [0, 0.1) is 5.92 Å². The van der Waals surface area contributed by atoms with Crippen LogP contribution in [0.3, 0.4) is 0 Å². The van der Waals surface area contributed by atoms with Crippen molar-refractivity contribution in [3.63, 3.8) is 0 Å². The molecule has 0 unspecified atom stereocenters. The Morgan fingerprint density at radius 2 is 1.59 bits per heavy atom. The zero-order chi connectivity index (χ0) is 19.2. The topological polar surface area (TPSA) is 44.7 Å². The van der Waals surface area contributed by atoms with Crippen LogP contribution in [0.15, 0.2) is 62.6 Å². The summed E-state index contributed by atoms with van der Waals surface area (Å²) in [5.41, 5.74) is 5.86. The molecule has 0 aromatic heterocycles. The van der Waals surface area contributed by atoms with E-state index in [0.29, 0.717) is 0 Å². The molecule has 1 amide bonds. The first-order valence-electron chi connectivity index (χ1n) is 9.08. The highest BCUT2D eigenvalue weighted by Gasteiger charge is 2.24. The zero-order valence-corrected chi connectivity index (χ0v) is 18.5. The monoisotopic (exact) mass is 491 g/mol. The van der Waals surface area contributed by atoms with E-state index >= 15 is 0 Å². The summed E-state index contributed by atoms with van der Waals surface area (Å²) < 4.78 is 2.12. The van der Waals surface area contributed by atoms with Crippen molar-refractivity contribution in [2.24, 2.45) is 11.0 Å². The quantitative estimate of drug-likeness (QED) is 0.473. The van der Waals surface area contributed by atoms with E-state index in [9.17, 15) is 4.79 Å². The van der Waals surface area contributed by atoms with Gasteiger partial charge in [0.2, 0.25) is 5.91 Å². The van der Waals surface area contributed by atoms with Gasteiger partial charge in [-0.1, -0.05) is 56.1 Å². The average molecular weight is 493 g/mol. The van der Waals surface area contributed by atoms with Crippen LogP contribution in [0.5, 0.6) is 0 Å². The summed E-state index contributed by atoms with van der Waals surface area (Å²) in [5.74, 6) is 0.0578. The number of hydrogen-bond acceptors (Lipinski definition) is 3. The minimum absolute atomic E-state index is 0.0229. The molecule has 3 rings (SSSR count). The van der Waals surface area contributed by atoms with Gasteiger partial charge in [-0.3, -0.25) is 9.69 Å². The minimum atomic E-state index is 0.0229. The largest absolute Gasteiger partial charge is 0.299 e. The van der Waals surface area contributed by atoms with Crippen molar-refractivity contribution in [3.8, 4) is 0 Å². The van der Waals surface area contributed by atoms with Crippen molar-refractivity contribution in [2.75, 3.05) is 13.1 Å². The maximum atomic E-state index is 12.4. The third kappa shape index (κ3) is 5.99. The molecule has 1 saturated heterocycles. The lowest BCUT2D eigenvalue weighted by Crippen LogP contribution is -2.39. The lowest BCUT2D eigenvalue weighted by atomic mass is 9.96. The van der Waals surface area contributed by atoms with E-state index in [4.69, 9.17) is 0 Å². The number of hydrazone groups is 1. The molecule has 6 heteroatoms. The second kappa shape index (κ2) is 9.62. The first-order valence-corrected chi connectivity index (χ1v) is 10.7. The van der Waals surface area contributed by atoms with Gasteiger partial charge in [0, 0.05) is 21.4 Å². The molecular weight excluding hydrogens is 470 g/mol. The Morgan fingerprint density at radius 1 is 1.04 bits per heavy atom. The lowest BCUT2D eigenvalue weighted by molar-refractivity contribution is -0.126. The molecule has 0 spiro atoms. The predicted octanol–water partition coefficient (Wildman–Crippen LogP) is 4.96. The summed E-state index contributed by atoms with van der Waals surface area (Å²) >= 11 is 6.89. The normalized spacial score (nSPS) is 16.3. The van der Waals surface area contributed by atoms with Crippen LogP contribution in [-0.4, -0.2) is 29.6 Å².